The molecule has 5 heteroatoms. The van der Waals surface area contributed by atoms with E-state index in [0.717, 1.165) is 59.9 Å². The molecule has 3 aromatic rings. The Morgan fingerprint density at radius 2 is 1.85 bits per heavy atom. The smallest absolute Gasteiger partial charge is 0.335 e. The summed E-state index contributed by atoms with van der Waals surface area (Å²) in [5.74, 6) is 0.138. The van der Waals surface area contributed by atoms with Crippen molar-refractivity contribution in [3.8, 4) is 11.3 Å². The van der Waals surface area contributed by atoms with Gasteiger partial charge in [-0.3, -0.25) is 0 Å². The van der Waals surface area contributed by atoms with Crippen molar-refractivity contribution in [2.75, 3.05) is 0 Å². The van der Waals surface area contributed by atoms with Gasteiger partial charge in [-0.15, -0.1) is 0 Å². The van der Waals surface area contributed by atoms with Crippen LogP contribution < -0.4 is 0 Å². The zero-order valence-electron chi connectivity index (χ0n) is 15.4. The fraction of sp³-hybridized carbons (Fsp3) is 0.273. The summed E-state index contributed by atoms with van der Waals surface area (Å²) in [7, 11) is 0. The van der Waals surface area contributed by atoms with Crippen LogP contribution in [0.25, 0.3) is 11.3 Å². The molecule has 0 bridgehead atoms. The average Bonchev–Trinajstić information content (AvgIpc) is 3.08. The highest BCUT2D eigenvalue weighted by Crippen LogP contribution is 2.24. The van der Waals surface area contributed by atoms with E-state index in [0.29, 0.717) is 0 Å². The van der Waals surface area contributed by atoms with Crippen LogP contribution in [0.1, 0.15) is 41.5 Å². The lowest BCUT2D eigenvalue weighted by Gasteiger charge is -2.13. The Hall–Kier alpha value is -2.59. The first-order chi connectivity index (χ1) is 13.1. The van der Waals surface area contributed by atoms with Crippen molar-refractivity contribution in [2.45, 2.75) is 39.2 Å². The van der Waals surface area contributed by atoms with Crippen LogP contribution in [0.5, 0.6) is 0 Å². The number of halogens is 1. The minimum Gasteiger partial charge on any atom is -0.478 e. The van der Waals surface area contributed by atoms with E-state index in [4.69, 9.17) is 16.7 Å². The fourth-order valence-electron chi connectivity index (χ4n) is 3.15. The van der Waals surface area contributed by atoms with Gasteiger partial charge in [-0.05, 0) is 42.2 Å². The molecule has 0 saturated carbocycles. The number of rotatable bonds is 8. The van der Waals surface area contributed by atoms with Crippen LogP contribution in [0.4, 0.5) is 0 Å². The summed E-state index contributed by atoms with van der Waals surface area (Å²) in [6, 6.07) is 14.8. The van der Waals surface area contributed by atoms with Crippen LogP contribution in [0, 0.1) is 0 Å². The van der Waals surface area contributed by atoms with Gasteiger partial charge in [0.25, 0.3) is 0 Å². The SMILES string of the molecule is CCCCc1ncc(-c2ccc(C(=O)O)cc2)n1CCc1ccccc1Cl. The Morgan fingerprint density at radius 3 is 2.52 bits per heavy atom. The van der Waals surface area contributed by atoms with Gasteiger partial charge in [0, 0.05) is 18.0 Å². The van der Waals surface area contributed by atoms with Crippen LogP contribution >= 0.6 is 11.6 Å². The summed E-state index contributed by atoms with van der Waals surface area (Å²) in [6.07, 6.45) is 5.81. The number of carboxylic acid groups (broad SMARTS) is 1. The molecule has 27 heavy (non-hydrogen) atoms. The second-order valence-electron chi connectivity index (χ2n) is 6.54. The van der Waals surface area contributed by atoms with E-state index in [1.165, 1.54) is 0 Å². The van der Waals surface area contributed by atoms with Gasteiger partial charge in [0.2, 0.25) is 0 Å². The topological polar surface area (TPSA) is 55.1 Å². The molecular formula is C22H23ClN2O2. The Balaban J connectivity index is 1.90. The number of carboxylic acids is 1. The van der Waals surface area contributed by atoms with E-state index < -0.39 is 5.97 Å². The molecule has 0 spiro atoms. The number of nitrogens with zero attached hydrogens (tertiary/aromatic N) is 2. The highest BCUT2D eigenvalue weighted by Gasteiger charge is 2.13. The number of imidazole rings is 1. The van der Waals surface area contributed by atoms with Gasteiger partial charge < -0.3 is 9.67 Å². The number of hydrogen-bond acceptors (Lipinski definition) is 2. The molecule has 1 aromatic heterocycles. The molecule has 0 aliphatic heterocycles. The molecule has 0 fully saturated rings. The van der Waals surface area contributed by atoms with Crippen LogP contribution in [0.2, 0.25) is 5.02 Å². The highest BCUT2D eigenvalue weighted by molar-refractivity contribution is 6.31. The maximum atomic E-state index is 11.1. The largest absolute Gasteiger partial charge is 0.478 e. The molecule has 0 aliphatic rings. The molecule has 0 amide bonds. The second kappa shape index (κ2) is 8.87. The van der Waals surface area contributed by atoms with Gasteiger partial charge in [-0.25, -0.2) is 9.78 Å². The van der Waals surface area contributed by atoms with Crippen molar-refractivity contribution in [3.63, 3.8) is 0 Å². The normalized spacial score (nSPS) is 10.9. The van der Waals surface area contributed by atoms with Gasteiger partial charge >= 0.3 is 5.97 Å². The number of unbranched alkanes of at least 4 members (excludes halogenated alkanes) is 1. The summed E-state index contributed by atoms with van der Waals surface area (Å²) in [5.41, 5.74) is 3.37. The van der Waals surface area contributed by atoms with E-state index >= 15 is 0 Å². The van der Waals surface area contributed by atoms with Gasteiger partial charge in [0.05, 0.1) is 17.5 Å². The highest BCUT2D eigenvalue weighted by atomic mass is 35.5. The Morgan fingerprint density at radius 1 is 1.11 bits per heavy atom. The summed E-state index contributed by atoms with van der Waals surface area (Å²) in [5, 5.41) is 9.89. The number of hydrogen-bond donors (Lipinski definition) is 1. The van der Waals surface area contributed by atoms with E-state index in [1.807, 2.05) is 42.6 Å². The summed E-state index contributed by atoms with van der Waals surface area (Å²) >= 11 is 6.31. The molecule has 2 aromatic carbocycles. The molecule has 0 atom stereocenters. The fourth-order valence-corrected chi connectivity index (χ4v) is 3.38. The number of aromatic carboxylic acids is 1. The molecule has 0 saturated heterocycles. The van der Waals surface area contributed by atoms with Crippen LogP contribution in [-0.2, 0) is 19.4 Å². The lowest BCUT2D eigenvalue weighted by molar-refractivity contribution is 0.0697. The van der Waals surface area contributed by atoms with Crippen LogP contribution in [-0.4, -0.2) is 20.6 Å². The molecule has 0 radical (unpaired) electrons. The van der Waals surface area contributed by atoms with Crippen molar-refractivity contribution in [2.24, 2.45) is 0 Å². The lowest BCUT2D eigenvalue weighted by atomic mass is 10.1. The number of carbonyl (C=O) groups is 1. The first-order valence-electron chi connectivity index (χ1n) is 9.21. The van der Waals surface area contributed by atoms with E-state index in [-0.39, 0.29) is 5.56 Å². The molecule has 0 unspecified atom stereocenters. The molecule has 1 heterocycles. The predicted molar refractivity (Wildman–Crippen MR) is 108 cm³/mol. The van der Waals surface area contributed by atoms with Gasteiger partial charge in [-0.2, -0.15) is 0 Å². The molecular weight excluding hydrogens is 360 g/mol. The maximum absolute atomic E-state index is 11.1. The molecule has 4 nitrogen and oxygen atoms in total. The lowest BCUT2D eigenvalue weighted by Crippen LogP contribution is -2.08. The van der Waals surface area contributed by atoms with Crippen molar-refractivity contribution in [1.82, 2.24) is 9.55 Å². The van der Waals surface area contributed by atoms with Crippen molar-refractivity contribution in [1.29, 1.82) is 0 Å². The van der Waals surface area contributed by atoms with Gasteiger partial charge in [-0.1, -0.05) is 55.3 Å². The van der Waals surface area contributed by atoms with E-state index in [2.05, 4.69) is 16.5 Å². The third-order valence-electron chi connectivity index (χ3n) is 4.68. The Labute approximate surface area is 164 Å². The zero-order valence-corrected chi connectivity index (χ0v) is 16.1. The maximum Gasteiger partial charge on any atom is 0.335 e. The second-order valence-corrected chi connectivity index (χ2v) is 6.95. The standard InChI is InChI=1S/C22H23ClN2O2/c1-2-3-8-21-24-15-20(17-9-11-18(12-10-17)22(26)27)25(21)14-13-16-6-4-5-7-19(16)23/h4-7,9-12,15H,2-3,8,13-14H2,1H3,(H,26,27). The Bertz CT molecular complexity index is 916. The first kappa shape index (κ1) is 19.2. The first-order valence-corrected chi connectivity index (χ1v) is 9.59. The summed E-state index contributed by atoms with van der Waals surface area (Å²) in [6.45, 7) is 2.95. The average molecular weight is 383 g/mol. The van der Waals surface area contributed by atoms with E-state index in [9.17, 15) is 4.79 Å². The molecule has 140 valence electrons. The van der Waals surface area contributed by atoms with Crippen LogP contribution in [0.15, 0.2) is 54.7 Å². The number of benzene rings is 2. The number of aryl methyl sites for hydroxylation is 2. The summed E-state index contributed by atoms with van der Waals surface area (Å²) in [4.78, 5) is 15.7. The number of aromatic nitrogens is 2. The van der Waals surface area contributed by atoms with Gasteiger partial charge in [0.15, 0.2) is 0 Å². The Kier molecular flexibility index (Phi) is 6.30. The monoisotopic (exact) mass is 382 g/mol. The molecule has 1 N–H and O–H groups in total. The van der Waals surface area contributed by atoms with Crippen molar-refractivity contribution >= 4 is 17.6 Å². The molecule has 3 rings (SSSR count). The minimum atomic E-state index is -0.919. The summed E-state index contributed by atoms with van der Waals surface area (Å²) < 4.78 is 2.23. The quantitative estimate of drug-likeness (QED) is 0.560. The van der Waals surface area contributed by atoms with Gasteiger partial charge in [0.1, 0.15) is 5.82 Å². The van der Waals surface area contributed by atoms with Crippen molar-refractivity contribution < 1.29 is 9.90 Å². The van der Waals surface area contributed by atoms with Crippen molar-refractivity contribution in [3.05, 3.63) is 76.7 Å². The minimum absolute atomic E-state index is 0.284. The molecule has 0 aliphatic carbocycles. The third-order valence-corrected chi connectivity index (χ3v) is 5.05. The zero-order chi connectivity index (χ0) is 19.2. The third kappa shape index (κ3) is 4.58. The predicted octanol–water partition coefficient (Wildman–Crippen LogP) is 5.49. The van der Waals surface area contributed by atoms with Crippen LogP contribution in [0.3, 0.4) is 0 Å². The van der Waals surface area contributed by atoms with E-state index in [1.54, 1.807) is 12.1 Å².